The number of methoxy groups -OCH3 is 2. The first-order chi connectivity index (χ1) is 18.8. The molecule has 0 amide bonds. The van der Waals surface area contributed by atoms with E-state index in [1.165, 1.54) is 12.3 Å². The van der Waals surface area contributed by atoms with Crippen LogP contribution >= 0.6 is 0 Å². The van der Waals surface area contributed by atoms with Gasteiger partial charge in [0.15, 0.2) is 8.32 Å². The highest BCUT2D eigenvalue weighted by molar-refractivity contribution is 6.74. The molecular formula is C30H45N3O6Si. The Bertz CT molecular complexity index is 1130. The third-order valence-electron chi connectivity index (χ3n) is 7.52. The Balaban J connectivity index is 2.36. The highest BCUT2D eigenvalue weighted by atomic mass is 28.4. The van der Waals surface area contributed by atoms with Gasteiger partial charge in [-0.15, -0.1) is 0 Å². The second-order valence-corrected chi connectivity index (χ2v) is 16.1. The highest BCUT2D eigenvalue weighted by Gasteiger charge is 2.49. The summed E-state index contributed by atoms with van der Waals surface area (Å²) in [5.41, 5.74) is 9.41. The fourth-order valence-electron chi connectivity index (χ4n) is 3.76. The Kier molecular flexibility index (Phi) is 12.1. The van der Waals surface area contributed by atoms with E-state index in [-0.39, 0.29) is 11.6 Å². The van der Waals surface area contributed by atoms with E-state index < -0.39 is 32.2 Å². The summed E-state index contributed by atoms with van der Waals surface area (Å²) < 4.78 is 29.3. The molecule has 0 spiro atoms. The molecule has 0 saturated carbocycles. The molecule has 0 bridgehead atoms. The average molecular weight is 572 g/mol. The molecule has 0 radical (unpaired) electrons. The van der Waals surface area contributed by atoms with E-state index in [1.807, 2.05) is 55.5 Å². The van der Waals surface area contributed by atoms with Gasteiger partial charge in [-0.25, -0.2) is 0 Å². The van der Waals surface area contributed by atoms with Gasteiger partial charge >= 0.3 is 0 Å². The first-order valence-corrected chi connectivity index (χ1v) is 16.3. The van der Waals surface area contributed by atoms with Gasteiger partial charge in [0, 0.05) is 4.91 Å². The topological polar surface area (TPSA) is 115 Å². The Morgan fingerprint density at radius 1 is 0.925 bits per heavy atom. The van der Waals surface area contributed by atoms with E-state index in [2.05, 4.69) is 43.9 Å². The van der Waals surface area contributed by atoms with Crippen LogP contribution in [0.2, 0.25) is 18.1 Å². The molecule has 40 heavy (non-hydrogen) atoms. The smallest absolute Gasteiger partial charge is 0.192 e. The van der Waals surface area contributed by atoms with Crippen LogP contribution in [0.1, 0.15) is 45.7 Å². The minimum Gasteiger partial charge on any atom is -0.497 e. The predicted molar refractivity (Wildman–Crippen MR) is 160 cm³/mol. The summed E-state index contributed by atoms with van der Waals surface area (Å²) in [7, 11) is 0.819. The lowest BCUT2D eigenvalue weighted by Crippen LogP contribution is -2.60. The monoisotopic (exact) mass is 571 g/mol. The van der Waals surface area contributed by atoms with Gasteiger partial charge in [0.25, 0.3) is 0 Å². The van der Waals surface area contributed by atoms with Crippen LogP contribution in [-0.2, 0) is 27.1 Å². The van der Waals surface area contributed by atoms with E-state index >= 15 is 0 Å². The van der Waals surface area contributed by atoms with Crippen LogP contribution in [0.15, 0.2) is 66.0 Å². The molecule has 0 fully saturated rings. The van der Waals surface area contributed by atoms with E-state index in [1.54, 1.807) is 21.1 Å². The van der Waals surface area contributed by atoms with E-state index in [9.17, 15) is 10.6 Å². The minimum absolute atomic E-state index is 0.141. The number of aliphatic hydroxyl groups is 1. The van der Waals surface area contributed by atoms with Crippen LogP contribution < -0.4 is 9.47 Å². The molecule has 0 aliphatic rings. The minimum atomic E-state index is -2.42. The number of rotatable bonds is 15. The molecule has 0 aliphatic carbocycles. The molecule has 4 atom stereocenters. The average Bonchev–Trinajstić information content (AvgIpc) is 2.92. The molecule has 2 aromatic rings. The van der Waals surface area contributed by atoms with E-state index in [0.29, 0.717) is 6.61 Å². The van der Waals surface area contributed by atoms with Gasteiger partial charge in [-0.3, -0.25) is 0 Å². The zero-order chi connectivity index (χ0) is 30.0. The highest BCUT2D eigenvalue weighted by Crippen LogP contribution is 2.40. The number of hydrogen-bond donors (Lipinski definition) is 1. The largest absolute Gasteiger partial charge is 0.497 e. The van der Waals surface area contributed by atoms with Crippen molar-refractivity contribution in [3.63, 3.8) is 0 Å². The zero-order valence-corrected chi connectivity index (χ0v) is 26.2. The van der Waals surface area contributed by atoms with Crippen molar-refractivity contribution in [3.05, 3.63) is 82.4 Å². The lowest BCUT2D eigenvalue weighted by atomic mass is 9.86. The first-order valence-electron chi connectivity index (χ1n) is 13.4. The Morgan fingerprint density at radius 3 is 1.88 bits per heavy atom. The molecule has 0 heterocycles. The SMILES string of the molecule is COc1ccc(CO/C=C/[C@@](O)(C(C)N=[N+]=[N-])[C@H](O[Si](C)(C)C(C)(C)C)[C@@H](C)OCc2ccc(OC)cc2)cc1. The van der Waals surface area contributed by atoms with Crippen molar-refractivity contribution in [2.24, 2.45) is 5.11 Å². The van der Waals surface area contributed by atoms with Crippen molar-refractivity contribution in [2.45, 2.75) is 89.8 Å². The summed E-state index contributed by atoms with van der Waals surface area (Å²) in [6.07, 6.45) is 1.53. The maximum atomic E-state index is 12.2. The normalized spacial score (nSPS) is 15.9. The summed E-state index contributed by atoms with van der Waals surface area (Å²) in [4.78, 5) is 2.97. The Hall–Kier alpha value is -3.01. The lowest BCUT2D eigenvalue weighted by molar-refractivity contribution is -0.120. The number of hydrogen-bond acceptors (Lipinski definition) is 7. The fraction of sp³-hybridized carbons (Fsp3) is 0.533. The summed E-state index contributed by atoms with van der Waals surface area (Å²) in [6, 6.07) is 14.2. The van der Waals surface area contributed by atoms with E-state index in [0.717, 1.165) is 22.6 Å². The zero-order valence-electron chi connectivity index (χ0n) is 25.2. The summed E-state index contributed by atoms with van der Waals surface area (Å²) in [5.74, 6) is 1.51. The summed E-state index contributed by atoms with van der Waals surface area (Å²) in [5, 5.41) is 15.9. The van der Waals surface area contributed by atoms with Crippen molar-refractivity contribution in [1.29, 1.82) is 0 Å². The summed E-state index contributed by atoms with van der Waals surface area (Å²) >= 11 is 0. The molecular weight excluding hydrogens is 526 g/mol. The van der Waals surface area contributed by atoms with Crippen LogP contribution in [0.4, 0.5) is 0 Å². The van der Waals surface area contributed by atoms with Crippen LogP contribution in [0.3, 0.4) is 0 Å². The molecule has 2 rings (SSSR count). The molecule has 1 N–H and O–H groups in total. The maximum Gasteiger partial charge on any atom is 0.192 e. The maximum absolute atomic E-state index is 12.2. The second-order valence-electron chi connectivity index (χ2n) is 11.4. The predicted octanol–water partition coefficient (Wildman–Crippen LogP) is 7.16. The molecule has 1 unspecified atom stereocenters. The fourth-order valence-corrected chi connectivity index (χ4v) is 5.13. The number of nitrogens with zero attached hydrogens (tertiary/aromatic N) is 3. The lowest BCUT2D eigenvalue weighted by Gasteiger charge is -2.46. The van der Waals surface area contributed by atoms with Crippen molar-refractivity contribution in [1.82, 2.24) is 0 Å². The van der Waals surface area contributed by atoms with Crippen LogP contribution in [0.25, 0.3) is 10.4 Å². The van der Waals surface area contributed by atoms with Gasteiger partial charge < -0.3 is 28.5 Å². The van der Waals surface area contributed by atoms with Crippen molar-refractivity contribution >= 4 is 8.32 Å². The van der Waals surface area contributed by atoms with Crippen LogP contribution in [0, 0.1) is 0 Å². The van der Waals surface area contributed by atoms with Gasteiger partial charge in [0.1, 0.15) is 29.8 Å². The number of benzene rings is 2. The molecule has 220 valence electrons. The first kappa shape index (κ1) is 33.2. The summed E-state index contributed by atoms with van der Waals surface area (Å²) in [6.45, 7) is 14.7. The number of ether oxygens (including phenoxy) is 4. The Labute approximate surface area is 239 Å². The quantitative estimate of drug-likeness (QED) is 0.0797. The van der Waals surface area contributed by atoms with Crippen LogP contribution in [-0.4, -0.2) is 51.5 Å². The van der Waals surface area contributed by atoms with Crippen molar-refractivity contribution < 1.29 is 28.5 Å². The van der Waals surface area contributed by atoms with Gasteiger partial charge in [-0.1, -0.05) is 57.1 Å². The third-order valence-corrected chi connectivity index (χ3v) is 12.0. The Morgan fingerprint density at radius 2 is 1.43 bits per heavy atom. The standard InChI is InChI=1S/C30H45N3O6Si/c1-22(38-21-25-12-16-27(36-7)17-13-25)28(39-40(8,9)29(3,4)5)30(34,23(2)32-33-31)18-19-37-20-24-10-14-26(35-6)15-11-24/h10-19,22-23,28,34H,20-21H2,1-9H3/b19-18+/t22-,23?,28-,30-/m1/s1. The van der Waals surface area contributed by atoms with Gasteiger partial charge in [0.05, 0.1) is 39.2 Å². The van der Waals surface area contributed by atoms with E-state index in [4.69, 9.17) is 23.4 Å². The molecule has 2 aromatic carbocycles. The molecule has 0 aliphatic heterocycles. The second kappa shape index (κ2) is 14.6. The molecule has 9 nitrogen and oxygen atoms in total. The van der Waals surface area contributed by atoms with Gasteiger partial charge in [-0.2, -0.15) is 0 Å². The molecule has 0 saturated heterocycles. The van der Waals surface area contributed by atoms with Crippen LogP contribution in [0.5, 0.6) is 11.5 Å². The van der Waals surface area contributed by atoms with Gasteiger partial charge in [0.2, 0.25) is 0 Å². The van der Waals surface area contributed by atoms with Gasteiger partial charge in [-0.05, 0) is 72.1 Å². The number of azide groups is 1. The van der Waals surface area contributed by atoms with Crippen molar-refractivity contribution in [2.75, 3.05) is 14.2 Å². The third kappa shape index (κ3) is 9.01. The molecule has 10 heteroatoms. The molecule has 0 aromatic heterocycles. The van der Waals surface area contributed by atoms with Crippen molar-refractivity contribution in [3.8, 4) is 11.5 Å².